The predicted molar refractivity (Wildman–Crippen MR) is 156 cm³/mol. The smallest absolute Gasteiger partial charge is 0.263 e. The van der Waals surface area contributed by atoms with Crippen LogP contribution in [-0.2, 0) is 30.6 Å². The van der Waals surface area contributed by atoms with Gasteiger partial charge in [-0.2, -0.15) is 0 Å². The van der Waals surface area contributed by atoms with Crippen LogP contribution >= 0.6 is 23.1 Å². The molecule has 5 nitrogen and oxygen atoms in total. The van der Waals surface area contributed by atoms with Crippen LogP contribution in [0, 0.1) is 5.92 Å². The number of benzene rings is 1. The van der Waals surface area contributed by atoms with Crippen molar-refractivity contribution in [3.63, 3.8) is 0 Å². The van der Waals surface area contributed by atoms with Gasteiger partial charge in [0.2, 0.25) is 5.91 Å². The molecule has 1 aliphatic carbocycles. The number of rotatable bonds is 10. The first-order valence-corrected chi connectivity index (χ1v) is 15.9. The number of para-hydroxylation sites is 1. The molecule has 1 aliphatic heterocycles. The molecule has 0 N–H and O–H groups in total. The second kappa shape index (κ2) is 11.7. The molecule has 0 bridgehead atoms. The first-order valence-electron chi connectivity index (χ1n) is 14.1. The Morgan fingerprint density at radius 2 is 1.89 bits per heavy atom. The van der Waals surface area contributed by atoms with Crippen molar-refractivity contribution in [3.05, 3.63) is 50.6 Å². The Labute approximate surface area is 228 Å². The number of carbonyl (C=O) groups is 1. The predicted octanol–water partition coefficient (Wildman–Crippen LogP) is 7.01. The molecule has 0 radical (unpaired) electrons. The van der Waals surface area contributed by atoms with Crippen LogP contribution in [0.5, 0.6) is 0 Å². The minimum atomic E-state index is 0.0854. The molecule has 3 aromatic rings. The lowest BCUT2D eigenvalue weighted by atomic mass is 9.89. The molecule has 0 saturated carbocycles. The average Bonchev–Trinajstić information content (AvgIpc) is 3.41. The second-order valence-corrected chi connectivity index (χ2v) is 12.9. The first-order chi connectivity index (χ1) is 18.0. The Kier molecular flexibility index (Phi) is 8.40. The third-order valence-electron chi connectivity index (χ3n) is 7.92. The van der Waals surface area contributed by atoms with Crippen LogP contribution in [0.1, 0.15) is 81.7 Å². The fourth-order valence-corrected chi connectivity index (χ4v) is 8.21. The molecule has 0 fully saturated rings. The van der Waals surface area contributed by atoms with Crippen LogP contribution in [0.2, 0.25) is 0 Å². The van der Waals surface area contributed by atoms with Gasteiger partial charge in [-0.1, -0.05) is 75.9 Å². The zero-order valence-corrected chi connectivity index (χ0v) is 24.1. The van der Waals surface area contributed by atoms with Crippen LogP contribution in [0.15, 0.2) is 34.2 Å². The van der Waals surface area contributed by atoms with Gasteiger partial charge in [-0.05, 0) is 62.1 Å². The summed E-state index contributed by atoms with van der Waals surface area (Å²) in [6, 6.07) is 8.33. The van der Waals surface area contributed by atoms with Gasteiger partial charge in [0.1, 0.15) is 4.83 Å². The maximum Gasteiger partial charge on any atom is 0.263 e. The second-order valence-electron chi connectivity index (χ2n) is 10.9. The lowest BCUT2D eigenvalue weighted by molar-refractivity contribution is -0.116. The Morgan fingerprint density at radius 3 is 2.73 bits per heavy atom. The van der Waals surface area contributed by atoms with Crippen molar-refractivity contribution in [2.75, 3.05) is 10.7 Å². The van der Waals surface area contributed by atoms with Gasteiger partial charge < -0.3 is 4.90 Å². The molecule has 0 saturated heterocycles. The number of thiophene rings is 1. The molecule has 37 heavy (non-hydrogen) atoms. The molecule has 2 aromatic heterocycles. The number of aromatic nitrogens is 2. The van der Waals surface area contributed by atoms with Crippen molar-refractivity contribution in [1.29, 1.82) is 0 Å². The van der Waals surface area contributed by atoms with Crippen molar-refractivity contribution < 1.29 is 4.79 Å². The maximum absolute atomic E-state index is 13.9. The molecule has 0 spiro atoms. The average molecular weight is 538 g/mol. The van der Waals surface area contributed by atoms with E-state index in [0.717, 1.165) is 54.4 Å². The quantitative estimate of drug-likeness (QED) is 0.159. The summed E-state index contributed by atoms with van der Waals surface area (Å²) in [5.74, 6) is 1.03. The third kappa shape index (κ3) is 5.53. The molecule has 1 amide bonds. The standard InChI is InChI=1S/C30H39N3O2S2/c1-4-5-6-7-8-11-16-32-29(35)27-23-15-14-20(2)17-25(23)37-28(27)31-30(32)36-19-26(34)33-21(3)18-22-12-9-10-13-24(22)33/h9-10,12-13,20-21H,4-8,11,14-19H2,1-3H3/t20-,21+/m0/s1. The number of hydrogen-bond donors (Lipinski definition) is 0. The molecule has 7 heteroatoms. The summed E-state index contributed by atoms with van der Waals surface area (Å²) >= 11 is 3.13. The van der Waals surface area contributed by atoms with E-state index in [0.29, 0.717) is 17.6 Å². The van der Waals surface area contributed by atoms with Gasteiger partial charge in [-0.3, -0.25) is 14.2 Å². The summed E-state index contributed by atoms with van der Waals surface area (Å²) in [6.07, 6.45) is 11.1. The fourth-order valence-electron chi connectivity index (χ4n) is 5.90. The summed E-state index contributed by atoms with van der Waals surface area (Å²) in [5, 5.41) is 1.54. The largest absolute Gasteiger partial charge is 0.308 e. The minimum Gasteiger partial charge on any atom is -0.308 e. The molecule has 1 aromatic carbocycles. The first kappa shape index (κ1) is 26.5. The highest BCUT2D eigenvalue weighted by atomic mass is 32.2. The van der Waals surface area contributed by atoms with Crippen LogP contribution in [0.25, 0.3) is 10.2 Å². The van der Waals surface area contributed by atoms with E-state index in [1.165, 1.54) is 53.4 Å². The van der Waals surface area contributed by atoms with Gasteiger partial charge in [0.15, 0.2) is 5.16 Å². The van der Waals surface area contributed by atoms with Crippen LogP contribution in [0.4, 0.5) is 5.69 Å². The van der Waals surface area contributed by atoms with Crippen molar-refractivity contribution in [1.82, 2.24) is 9.55 Å². The molecule has 2 atom stereocenters. The molecule has 5 rings (SSSR count). The highest BCUT2D eigenvalue weighted by Crippen LogP contribution is 2.37. The van der Waals surface area contributed by atoms with E-state index in [4.69, 9.17) is 4.98 Å². The number of anilines is 1. The highest BCUT2D eigenvalue weighted by Gasteiger charge is 2.31. The monoisotopic (exact) mass is 537 g/mol. The molecule has 198 valence electrons. The molecule has 2 aliphatic rings. The number of carbonyl (C=O) groups excluding carboxylic acids is 1. The lowest BCUT2D eigenvalue weighted by Gasteiger charge is -2.22. The van der Waals surface area contributed by atoms with Crippen molar-refractivity contribution in [2.45, 2.75) is 103 Å². The molecule has 0 unspecified atom stereocenters. The zero-order valence-electron chi connectivity index (χ0n) is 22.4. The number of aryl methyl sites for hydroxylation is 1. The van der Waals surface area contributed by atoms with Crippen LogP contribution in [0.3, 0.4) is 0 Å². The SMILES string of the molecule is CCCCCCCCn1c(SCC(=O)N2c3ccccc3C[C@H]2C)nc2sc3c(c2c1=O)CC[C@H](C)C3. The topological polar surface area (TPSA) is 55.2 Å². The van der Waals surface area contributed by atoms with Gasteiger partial charge in [0.05, 0.1) is 11.1 Å². The van der Waals surface area contributed by atoms with E-state index in [9.17, 15) is 9.59 Å². The summed E-state index contributed by atoms with van der Waals surface area (Å²) in [5.41, 5.74) is 3.59. The summed E-state index contributed by atoms with van der Waals surface area (Å²) < 4.78 is 1.88. The Hall–Kier alpha value is -2.12. The molecular formula is C30H39N3O2S2. The van der Waals surface area contributed by atoms with E-state index >= 15 is 0 Å². The van der Waals surface area contributed by atoms with Gasteiger partial charge in [0, 0.05) is 23.2 Å². The lowest BCUT2D eigenvalue weighted by Crippen LogP contribution is -2.37. The van der Waals surface area contributed by atoms with Crippen molar-refractivity contribution >= 4 is 44.9 Å². The van der Waals surface area contributed by atoms with Crippen LogP contribution < -0.4 is 10.5 Å². The summed E-state index contributed by atoms with van der Waals surface area (Å²) in [7, 11) is 0. The van der Waals surface area contributed by atoms with E-state index in [1.807, 2.05) is 27.7 Å². The number of hydrogen-bond acceptors (Lipinski definition) is 5. The number of amides is 1. The van der Waals surface area contributed by atoms with Gasteiger partial charge in [0.25, 0.3) is 5.56 Å². The summed E-state index contributed by atoms with van der Waals surface area (Å²) in [6.45, 7) is 7.31. The maximum atomic E-state index is 13.9. The Balaban J connectivity index is 1.40. The molecule has 3 heterocycles. The number of fused-ring (bicyclic) bond motifs is 4. The van der Waals surface area contributed by atoms with Gasteiger partial charge in [-0.15, -0.1) is 11.3 Å². The van der Waals surface area contributed by atoms with Crippen LogP contribution in [-0.4, -0.2) is 27.3 Å². The minimum absolute atomic E-state index is 0.0854. The van der Waals surface area contributed by atoms with Gasteiger partial charge in [-0.25, -0.2) is 4.98 Å². The van der Waals surface area contributed by atoms with E-state index < -0.39 is 0 Å². The van der Waals surface area contributed by atoms with Crippen molar-refractivity contribution in [2.24, 2.45) is 5.92 Å². The highest BCUT2D eigenvalue weighted by molar-refractivity contribution is 7.99. The van der Waals surface area contributed by atoms with E-state index in [-0.39, 0.29) is 23.3 Å². The Bertz CT molecular complexity index is 1330. The number of unbranched alkanes of at least 4 members (excludes halogenated alkanes) is 5. The molecular weight excluding hydrogens is 498 g/mol. The third-order valence-corrected chi connectivity index (χ3v) is 10.0. The van der Waals surface area contributed by atoms with E-state index in [1.54, 1.807) is 11.3 Å². The van der Waals surface area contributed by atoms with E-state index in [2.05, 4.69) is 26.8 Å². The number of nitrogens with zero attached hydrogens (tertiary/aromatic N) is 3. The van der Waals surface area contributed by atoms with Crippen molar-refractivity contribution in [3.8, 4) is 0 Å². The Morgan fingerprint density at radius 1 is 1.11 bits per heavy atom. The number of thioether (sulfide) groups is 1. The fraction of sp³-hybridized carbons (Fsp3) is 0.567. The normalized spacial score (nSPS) is 18.8. The van der Waals surface area contributed by atoms with Gasteiger partial charge >= 0.3 is 0 Å². The summed E-state index contributed by atoms with van der Waals surface area (Å²) in [4.78, 5) is 36.4. The zero-order chi connectivity index (χ0) is 25.9.